The molecule has 0 spiro atoms. The van der Waals surface area contributed by atoms with Crippen LogP contribution in [-0.4, -0.2) is 34.2 Å². The molecule has 0 aliphatic carbocycles. The lowest BCUT2D eigenvalue weighted by Crippen LogP contribution is -2.22. The average molecular weight is 279 g/mol. The van der Waals surface area contributed by atoms with Gasteiger partial charge < -0.3 is 10.6 Å². The predicted octanol–water partition coefficient (Wildman–Crippen LogP) is 2.18. The molecule has 0 unspecified atom stereocenters. The Bertz CT molecular complexity index is 452. The van der Waals surface area contributed by atoms with Gasteiger partial charge >= 0.3 is 11.9 Å². The zero-order chi connectivity index (χ0) is 14.5. The van der Waals surface area contributed by atoms with Crippen molar-refractivity contribution in [3.05, 3.63) is 16.3 Å². The lowest BCUT2D eigenvalue weighted by atomic mass is 10.4. The Morgan fingerprint density at radius 3 is 2.63 bits per heavy atom. The summed E-state index contributed by atoms with van der Waals surface area (Å²) in [4.78, 5) is 17.1. The van der Waals surface area contributed by atoms with Gasteiger partial charge in [-0.15, -0.1) is 0 Å². The Kier molecular flexibility index (Phi) is 4.84. The van der Waals surface area contributed by atoms with E-state index in [0.717, 1.165) is 12.6 Å². The number of anilines is 2. The van der Waals surface area contributed by atoms with Gasteiger partial charge in [0.25, 0.3) is 0 Å². The summed E-state index contributed by atoms with van der Waals surface area (Å²) in [5.74, 6) is -0.423. The van der Waals surface area contributed by atoms with E-state index in [-0.39, 0.29) is 5.95 Å². The van der Waals surface area contributed by atoms with Crippen LogP contribution in [0, 0.1) is 10.1 Å². The third-order valence-electron chi connectivity index (χ3n) is 1.96. The maximum atomic E-state index is 12.1. The molecule has 0 aliphatic rings. The molecule has 1 aromatic heterocycles. The first kappa shape index (κ1) is 14.9. The molecule has 0 atom stereocenters. The van der Waals surface area contributed by atoms with Crippen molar-refractivity contribution < 1.29 is 18.1 Å². The summed E-state index contributed by atoms with van der Waals surface area (Å²) in [7, 11) is 0. The highest BCUT2D eigenvalue weighted by Crippen LogP contribution is 2.24. The molecule has 0 aromatic carbocycles. The SMILES string of the molecule is CCCNc1ncc([N+](=O)[O-])c(NCC(F)(F)F)n1. The van der Waals surface area contributed by atoms with Crippen molar-refractivity contribution in [2.24, 2.45) is 0 Å². The van der Waals surface area contributed by atoms with Gasteiger partial charge in [0.15, 0.2) is 0 Å². The normalized spacial score (nSPS) is 11.2. The van der Waals surface area contributed by atoms with E-state index in [1.165, 1.54) is 0 Å². The number of hydrogen-bond acceptors (Lipinski definition) is 6. The first-order valence-corrected chi connectivity index (χ1v) is 5.39. The molecule has 7 nitrogen and oxygen atoms in total. The fourth-order valence-corrected chi connectivity index (χ4v) is 1.15. The molecule has 0 amide bonds. The number of alkyl halides is 3. The van der Waals surface area contributed by atoms with Gasteiger partial charge in [0.2, 0.25) is 11.8 Å². The standard InChI is InChI=1S/C9H12F3N5O2/c1-2-3-13-8-14-4-6(17(18)19)7(16-8)15-5-9(10,11)12/h4H,2-3,5H2,1H3,(H2,13,14,15,16). The van der Waals surface area contributed by atoms with Crippen LogP contribution in [0.4, 0.5) is 30.6 Å². The Hall–Kier alpha value is -2.13. The minimum atomic E-state index is -4.49. The zero-order valence-corrected chi connectivity index (χ0v) is 9.99. The van der Waals surface area contributed by atoms with Crippen molar-refractivity contribution in [1.82, 2.24) is 9.97 Å². The summed E-state index contributed by atoms with van der Waals surface area (Å²) in [5.41, 5.74) is -0.605. The number of nitro groups is 1. The second kappa shape index (κ2) is 6.16. The third-order valence-corrected chi connectivity index (χ3v) is 1.96. The molecular weight excluding hydrogens is 267 g/mol. The van der Waals surface area contributed by atoms with Crippen LogP contribution in [0.15, 0.2) is 6.20 Å². The topological polar surface area (TPSA) is 93.0 Å². The molecule has 0 aliphatic heterocycles. The van der Waals surface area contributed by atoms with Crippen LogP contribution >= 0.6 is 0 Å². The summed E-state index contributed by atoms with van der Waals surface area (Å²) >= 11 is 0. The summed E-state index contributed by atoms with van der Waals surface area (Å²) in [5, 5.41) is 15.3. The number of aromatic nitrogens is 2. The molecule has 10 heteroatoms. The Morgan fingerprint density at radius 2 is 2.11 bits per heavy atom. The molecule has 1 aromatic rings. The van der Waals surface area contributed by atoms with Gasteiger partial charge in [0, 0.05) is 6.54 Å². The number of nitrogens with zero attached hydrogens (tertiary/aromatic N) is 3. The van der Waals surface area contributed by atoms with E-state index in [0.29, 0.717) is 6.54 Å². The highest BCUT2D eigenvalue weighted by Gasteiger charge is 2.29. The van der Waals surface area contributed by atoms with Crippen molar-refractivity contribution >= 4 is 17.5 Å². The van der Waals surface area contributed by atoms with Crippen LogP contribution in [0.25, 0.3) is 0 Å². The Labute approximate surface area is 106 Å². The van der Waals surface area contributed by atoms with Crippen molar-refractivity contribution in [2.75, 3.05) is 23.7 Å². The second-order valence-electron chi connectivity index (χ2n) is 3.58. The van der Waals surface area contributed by atoms with Crippen LogP contribution in [0.1, 0.15) is 13.3 Å². The van der Waals surface area contributed by atoms with E-state index in [9.17, 15) is 23.3 Å². The Morgan fingerprint density at radius 1 is 1.42 bits per heavy atom. The van der Waals surface area contributed by atoms with Crippen molar-refractivity contribution in [3.8, 4) is 0 Å². The molecular formula is C9H12F3N5O2. The van der Waals surface area contributed by atoms with Crippen LogP contribution in [0.3, 0.4) is 0 Å². The number of nitrogens with one attached hydrogen (secondary N) is 2. The van der Waals surface area contributed by atoms with Crippen LogP contribution < -0.4 is 10.6 Å². The van der Waals surface area contributed by atoms with E-state index < -0.39 is 29.1 Å². The van der Waals surface area contributed by atoms with E-state index in [1.54, 1.807) is 0 Å². The highest BCUT2D eigenvalue weighted by molar-refractivity contribution is 5.57. The second-order valence-corrected chi connectivity index (χ2v) is 3.58. The van der Waals surface area contributed by atoms with Gasteiger partial charge in [-0.3, -0.25) is 10.1 Å². The predicted molar refractivity (Wildman–Crippen MR) is 62.0 cm³/mol. The van der Waals surface area contributed by atoms with Gasteiger partial charge in [-0.2, -0.15) is 18.2 Å². The van der Waals surface area contributed by atoms with Gasteiger partial charge in [0.1, 0.15) is 12.7 Å². The maximum absolute atomic E-state index is 12.1. The van der Waals surface area contributed by atoms with Crippen LogP contribution in [0.5, 0.6) is 0 Å². The van der Waals surface area contributed by atoms with Gasteiger partial charge in [-0.25, -0.2) is 4.98 Å². The quantitative estimate of drug-likeness (QED) is 0.612. The van der Waals surface area contributed by atoms with Crippen molar-refractivity contribution in [3.63, 3.8) is 0 Å². The Balaban J connectivity index is 2.92. The molecule has 2 N–H and O–H groups in total. The minimum absolute atomic E-state index is 0.0390. The highest BCUT2D eigenvalue weighted by atomic mass is 19.4. The number of rotatable bonds is 6. The average Bonchev–Trinajstić information content (AvgIpc) is 2.32. The molecule has 0 fully saturated rings. The lowest BCUT2D eigenvalue weighted by molar-refractivity contribution is -0.384. The third kappa shape index (κ3) is 4.94. The first-order valence-electron chi connectivity index (χ1n) is 5.39. The largest absolute Gasteiger partial charge is 0.405 e. The lowest BCUT2D eigenvalue weighted by Gasteiger charge is -2.10. The van der Waals surface area contributed by atoms with E-state index in [1.807, 2.05) is 12.2 Å². The maximum Gasteiger partial charge on any atom is 0.405 e. The van der Waals surface area contributed by atoms with Crippen molar-refractivity contribution in [2.45, 2.75) is 19.5 Å². The molecule has 1 rings (SSSR count). The first-order chi connectivity index (χ1) is 8.83. The summed E-state index contributed by atoms with van der Waals surface area (Å²) < 4.78 is 36.3. The molecule has 106 valence electrons. The molecule has 1 heterocycles. The fraction of sp³-hybridized carbons (Fsp3) is 0.556. The molecule has 0 radical (unpaired) electrons. The van der Waals surface area contributed by atoms with Crippen LogP contribution in [-0.2, 0) is 0 Å². The fourth-order valence-electron chi connectivity index (χ4n) is 1.15. The zero-order valence-electron chi connectivity index (χ0n) is 9.99. The van der Waals surface area contributed by atoms with Crippen molar-refractivity contribution in [1.29, 1.82) is 0 Å². The number of hydrogen-bond donors (Lipinski definition) is 2. The van der Waals surface area contributed by atoms with Crippen LogP contribution in [0.2, 0.25) is 0 Å². The number of halogens is 3. The van der Waals surface area contributed by atoms with Gasteiger partial charge in [0.05, 0.1) is 4.92 Å². The summed E-state index contributed by atoms with van der Waals surface area (Å²) in [6.45, 7) is 0.982. The summed E-state index contributed by atoms with van der Waals surface area (Å²) in [6, 6.07) is 0. The van der Waals surface area contributed by atoms with E-state index in [4.69, 9.17) is 0 Å². The van der Waals surface area contributed by atoms with Gasteiger partial charge in [-0.1, -0.05) is 6.92 Å². The minimum Gasteiger partial charge on any atom is -0.355 e. The monoisotopic (exact) mass is 279 g/mol. The molecule has 0 saturated carbocycles. The molecule has 0 saturated heterocycles. The smallest absolute Gasteiger partial charge is 0.355 e. The van der Waals surface area contributed by atoms with E-state index in [2.05, 4.69) is 15.3 Å². The summed E-state index contributed by atoms with van der Waals surface area (Å²) in [6.07, 6.45) is -2.87. The van der Waals surface area contributed by atoms with Gasteiger partial charge in [-0.05, 0) is 6.42 Å². The molecule has 0 bridgehead atoms. The van der Waals surface area contributed by atoms with E-state index >= 15 is 0 Å². The molecule has 19 heavy (non-hydrogen) atoms.